The van der Waals surface area contributed by atoms with Gasteiger partial charge in [-0.3, -0.25) is 14.7 Å². The molecule has 0 spiro atoms. The van der Waals surface area contributed by atoms with E-state index in [1.807, 2.05) is 13.8 Å². The van der Waals surface area contributed by atoms with Gasteiger partial charge in [0.05, 0.1) is 23.9 Å². The Kier molecular flexibility index (Phi) is 6.38. The number of nitrogens with zero attached hydrogens (tertiary/aromatic N) is 3. The van der Waals surface area contributed by atoms with Gasteiger partial charge in [-0.1, -0.05) is 6.92 Å². The topological polar surface area (TPSA) is 119 Å². The fourth-order valence-electron chi connectivity index (χ4n) is 5.67. The number of rotatable bonds is 7. The number of aliphatic hydroxyl groups is 1. The summed E-state index contributed by atoms with van der Waals surface area (Å²) in [4.78, 5) is 33.5. The van der Waals surface area contributed by atoms with Gasteiger partial charge in [0, 0.05) is 41.7 Å². The van der Waals surface area contributed by atoms with Crippen molar-refractivity contribution < 1.29 is 19.8 Å². The first-order valence-corrected chi connectivity index (χ1v) is 12.2. The minimum Gasteiger partial charge on any atom is -0.477 e. The predicted molar refractivity (Wildman–Crippen MR) is 120 cm³/mol. The van der Waals surface area contributed by atoms with Gasteiger partial charge in [0.15, 0.2) is 0 Å². The second-order valence-electron chi connectivity index (χ2n) is 9.62. The fourth-order valence-corrected chi connectivity index (χ4v) is 7.21. The number of nitrogens with two attached hydrogens (primary N) is 1. The average molecular weight is 451 g/mol. The largest absolute Gasteiger partial charge is 0.477 e. The van der Waals surface area contributed by atoms with Gasteiger partial charge in [0.2, 0.25) is 5.91 Å². The van der Waals surface area contributed by atoms with Crippen LogP contribution in [0.5, 0.6) is 0 Å². The lowest BCUT2D eigenvalue weighted by atomic mass is 9.79. The molecular formula is C22H34N4O4S. The Labute approximate surface area is 187 Å². The molecule has 4 N–H and O–H groups in total. The van der Waals surface area contributed by atoms with Crippen LogP contribution in [-0.4, -0.2) is 80.8 Å². The van der Waals surface area contributed by atoms with Crippen LogP contribution >= 0.6 is 11.8 Å². The summed E-state index contributed by atoms with van der Waals surface area (Å²) in [5.74, 6) is -0.563. The molecule has 0 unspecified atom stereocenters. The van der Waals surface area contributed by atoms with E-state index in [2.05, 4.69) is 9.89 Å². The van der Waals surface area contributed by atoms with Crippen LogP contribution in [-0.2, 0) is 9.59 Å². The van der Waals surface area contributed by atoms with E-state index in [4.69, 9.17) is 5.73 Å². The number of thioether (sulfide) groups is 1. The number of carbonyl (C=O) groups is 2. The number of likely N-dealkylation sites (tertiary alicyclic amines) is 1. The lowest BCUT2D eigenvalue weighted by Gasteiger charge is -2.47. The number of aliphatic carboxylic acids is 1. The maximum Gasteiger partial charge on any atom is 0.353 e. The van der Waals surface area contributed by atoms with E-state index in [0.717, 1.165) is 24.5 Å². The van der Waals surface area contributed by atoms with Gasteiger partial charge in [0.1, 0.15) is 5.70 Å². The minimum absolute atomic E-state index is 0.0514. The monoisotopic (exact) mass is 450 g/mol. The third-order valence-corrected chi connectivity index (χ3v) is 8.86. The van der Waals surface area contributed by atoms with Crippen molar-refractivity contribution in [3.63, 3.8) is 0 Å². The molecule has 1 saturated carbocycles. The molecule has 3 heterocycles. The highest BCUT2D eigenvalue weighted by atomic mass is 32.2. The number of hydrogen-bond donors (Lipinski definition) is 3. The van der Waals surface area contributed by atoms with E-state index < -0.39 is 18.0 Å². The molecule has 0 bridgehead atoms. The quantitative estimate of drug-likeness (QED) is 0.305. The van der Waals surface area contributed by atoms with Crippen LogP contribution in [0.3, 0.4) is 0 Å². The van der Waals surface area contributed by atoms with Crippen LogP contribution in [0.25, 0.3) is 0 Å². The smallest absolute Gasteiger partial charge is 0.353 e. The van der Waals surface area contributed by atoms with Crippen molar-refractivity contribution in [3.05, 3.63) is 10.6 Å². The Balaban J connectivity index is 1.32. The van der Waals surface area contributed by atoms with Gasteiger partial charge in [-0.15, -0.1) is 11.8 Å². The van der Waals surface area contributed by atoms with Crippen LogP contribution in [0.15, 0.2) is 15.6 Å². The number of β-lactam (4-membered cyclic amide) rings is 1. The molecule has 9 heteroatoms. The molecule has 0 aromatic rings. The Morgan fingerprint density at radius 2 is 1.94 bits per heavy atom. The normalized spacial score (nSPS) is 35.6. The standard InChI is InChI=1S/C22H34N4O4S/c1-11-18-17(12(2)27)21(28)26(18)19(22(29)30)20(11)31-16-9-25(10-16)15-6-4-14(5-7-15)8-24-13(3)23/h11-12,14-18,27H,4-10H2,1-3H3,(H2,23,24)(H,29,30)/t11-,12-,14?,15?,17-,18-/m1/s1. The number of amides is 1. The first-order chi connectivity index (χ1) is 14.7. The molecule has 31 heavy (non-hydrogen) atoms. The summed E-state index contributed by atoms with van der Waals surface area (Å²) in [6.45, 7) is 8.19. The SMILES string of the molecule is CC(N)=NCC1CCC(N2CC(SC3=C(C(=O)O)N4C(=O)[C@H]([C@@H](C)O)[C@H]4[C@H]3C)C2)CC1. The second-order valence-corrected chi connectivity index (χ2v) is 11.0. The van der Waals surface area contributed by atoms with Crippen LogP contribution in [0.2, 0.25) is 0 Å². The number of aliphatic imine (C=N–C) groups is 1. The summed E-state index contributed by atoms with van der Waals surface area (Å²) >= 11 is 1.63. The summed E-state index contributed by atoms with van der Waals surface area (Å²) in [6.07, 6.45) is 3.97. The zero-order valence-corrected chi connectivity index (χ0v) is 19.3. The van der Waals surface area contributed by atoms with Gasteiger partial charge < -0.3 is 20.8 Å². The lowest BCUT2D eigenvalue weighted by molar-refractivity contribution is -0.163. The van der Waals surface area contributed by atoms with Crippen molar-refractivity contribution in [1.29, 1.82) is 0 Å². The van der Waals surface area contributed by atoms with E-state index in [1.54, 1.807) is 18.7 Å². The third-order valence-electron chi connectivity index (χ3n) is 7.41. The highest BCUT2D eigenvalue weighted by Crippen LogP contribution is 2.52. The van der Waals surface area contributed by atoms with E-state index in [-0.39, 0.29) is 23.6 Å². The molecule has 8 nitrogen and oxygen atoms in total. The molecule has 0 radical (unpaired) electrons. The maximum absolute atomic E-state index is 12.5. The summed E-state index contributed by atoms with van der Waals surface area (Å²) in [6, 6.07) is 0.374. The van der Waals surface area contributed by atoms with Gasteiger partial charge in [0.25, 0.3) is 0 Å². The maximum atomic E-state index is 12.5. The molecule has 4 rings (SSSR count). The average Bonchev–Trinajstić information content (AvgIpc) is 2.91. The van der Waals surface area contributed by atoms with Crippen LogP contribution in [0, 0.1) is 17.8 Å². The third kappa shape index (κ3) is 4.12. The molecule has 1 aliphatic carbocycles. The van der Waals surface area contributed by atoms with E-state index >= 15 is 0 Å². The zero-order valence-electron chi connectivity index (χ0n) is 18.5. The number of fused-ring (bicyclic) bond motifs is 1. The molecular weight excluding hydrogens is 416 g/mol. The molecule has 3 fully saturated rings. The molecule has 3 aliphatic heterocycles. The first kappa shape index (κ1) is 22.6. The van der Waals surface area contributed by atoms with Crippen LogP contribution in [0.1, 0.15) is 46.5 Å². The van der Waals surface area contributed by atoms with Gasteiger partial charge >= 0.3 is 5.97 Å². The first-order valence-electron chi connectivity index (χ1n) is 11.3. The Morgan fingerprint density at radius 3 is 2.48 bits per heavy atom. The Bertz CT molecular complexity index is 795. The number of hydrogen-bond acceptors (Lipinski definition) is 6. The Morgan fingerprint density at radius 1 is 1.29 bits per heavy atom. The van der Waals surface area contributed by atoms with Crippen molar-refractivity contribution in [2.75, 3.05) is 19.6 Å². The van der Waals surface area contributed by atoms with Gasteiger partial charge in [-0.05, 0) is 45.4 Å². The molecule has 1 amide bonds. The zero-order chi connectivity index (χ0) is 22.4. The fraction of sp³-hybridized carbons (Fsp3) is 0.773. The highest BCUT2D eigenvalue weighted by Gasteiger charge is 2.60. The van der Waals surface area contributed by atoms with E-state index in [9.17, 15) is 19.8 Å². The van der Waals surface area contributed by atoms with Crippen molar-refractivity contribution in [1.82, 2.24) is 9.80 Å². The van der Waals surface area contributed by atoms with Crippen molar-refractivity contribution in [2.24, 2.45) is 28.5 Å². The summed E-state index contributed by atoms with van der Waals surface area (Å²) in [5, 5.41) is 20.1. The summed E-state index contributed by atoms with van der Waals surface area (Å²) in [5.41, 5.74) is 5.79. The van der Waals surface area contributed by atoms with Gasteiger partial charge in [-0.2, -0.15) is 0 Å². The molecule has 172 valence electrons. The van der Waals surface area contributed by atoms with Crippen molar-refractivity contribution in [3.8, 4) is 0 Å². The molecule has 0 aromatic heterocycles. The molecule has 4 atom stereocenters. The summed E-state index contributed by atoms with van der Waals surface area (Å²) in [7, 11) is 0. The molecule has 2 saturated heterocycles. The predicted octanol–water partition coefficient (Wildman–Crippen LogP) is 1.49. The van der Waals surface area contributed by atoms with Crippen LogP contribution < -0.4 is 5.73 Å². The second kappa shape index (κ2) is 8.75. The van der Waals surface area contributed by atoms with Crippen molar-refractivity contribution >= 4 is 29.5 Å². The summed E-state index contributed by atoms with van der Waals surface area (Å²) < 4.78 is 0. The Hall–Kier alpha value is -1.58. The number of carboxylic acids is 1. The van der Waals surface area contributed by atoms with Crippen LogP contribution in [0.4, 0.5) is 0 Å². The van der Waals surface area contributed by atoms with Crippen molar-refractivity contribution in [2.45, 2.75) is 69.9 Å². The van der Waals surface area contributed by atoms with E-state index in [0.29, 0.717) is 23.0 Å². The molecule has 0 aromatic carbocycles. The van der Waals surface area contributed by atoms with Gasteiger partial charge in [-0.25, -0.2) is 4.79 Å². The van der Waals surface area contributed by atoms with E-state index in [1.165, 1.54) is 30.6 Å². The number of carboxylic acid groups (broad SMARTS) is 1. The number of carbonyl (C=O) groups excluding carboxylic acids is 1. The lowest BCUT2D eigenvalue weighted by Crippen LogP contribution is -2.63. The number of amidine groups is 1. The minimum atomic E-state index is -1.04. The highest BCUT2D eigenvalue weighted by molar-refractivity contribution is 8.03. The molecule has 4 aliphatic rings. The number of aliphatic hydroxyl groups excluding tert-OH is 1.